The molecule has 0 unspecified atom stereocenters. The molecule has 1 N–H and O–H groups in total. The molecule has 0 radical (unpaired) electrons. The van der Waals surface area contributed by atoms with Crippen molar-refractivity contribution in [1.29, 1.82) is 0 Å². The molecule has 17 heavy (non-hydrogen) atoms. The zero-order valence-electron chi connectivity index (χ0n) is 11.1. The largest absolute Gasteiger partial charge is 0.481 e. The number of rotatable bonds is 7. The number of hydrogen-bond acceptors (Lipinski definition) is 3. The van der Waals surface area contributed by atoms with Crippen molar-refractivity contribution < 1.29 is 9.90 Å². The molecule has 1 aliphatic heterocycles. The predicted octanol–water partition coefficient (Wildman–Crippen LogP) is 2.71. The van der Waals surface area contributed by atoms with E-state index >= 15 is 0 Å². The third-order valence-electron chi connectivity index (χ3n) is 3.82. The van der Waals surface area contributed by atoms with Crippen LogP contribution in [0.15, 0.2) is 0 Å². The number of nitrogens with zero attached hydrogens (tertiary/aromatic N) is 1. The molecule has 0 amide bonds. The predicted molar refractivity (Wildman–Crippen MR) is 73.6 cm³/mol. The topological polar surface area (TPSA) is 40.5 Å². The fraction of sp³-hybridized carbons (Fsp3) is 0.923. The lowest BCUT2D eigenvalue weighted by molar-refractivity contribution is -0.152. The van der Waals surface area contributed by atoms with Gasteiger partial charge in [-0.3, -0.25) is 4.79 Å². The zero-order chi connectivity index (χ0) is 12.7. The highest BCUT2D eigenvalue weighted by Crippen LogP contribution is 2.36. The van der Waals surface area contributed by atoms with Crippen molar-refractivity contribution in [3.05, 3.63) is 0 Å². The smallest absolute Gasteiger partial charge is 0.309 e. The zero-order valence-corrected chi connectivity index (χ0v) is 11.9. The normalized spacial score (nSPS) is 20.4. The summed E-state index contributed by atoms with van der Waals surface area (Å²) in [5.74, 6) is 0.623. The van der Waals surface area contributed by atoms with Gasteiger partial charge in [-0.2, -0.15) is 11.8 Å². The van der Waals surface area contributed by atoms with Crippen LogP contribution in [0.3, 0.4) is 0 Å². The second-order valence-corrected chi connectivity index (χ2v) is 6.01. The molecule has 0 aliphatic carbocycles. The van der Waals surface area contributed by atoms with Gasteiger partial charge in [-0.25, -0.2) is 0 Å². The summed E-state index contributed by atoms with van der Waals surface area (Å²) in [5.41, 5.74) is -0.426. The van der Waals surface area contributed by atoms with E-state index in [1.807, 2.05) is 11.8 Å². The summed E-state index contributed by atoms with van der Waals surface area (Å²) >= 11 is 1.88. The summed E-state index contributed by atoms with van der Waals surface area (Å²) in [4.78, 5) is 13.8. The maximum atomic E-state index is 11.4. The van der Waals surface area contributed by atoms with Crippen LogP contribution in [0.25, 0.3) is 0 Å². The number of hydrogen-bond donors (Lipinski definition) is 1. The summed E-state index contributed by atoms with van der Waals surface area (Å²) < 4.78 is 0. The van der Waals surface area contributed by atoms with E-state index in [9.17, 15) is 9.90 Å². The van der Waals surface area contributed by atoms with E-state index in [1.165, 1.54) is 12.2 Å². The Morgan fingerprint density at radius 2 is 2.06 bits per heavy atom. The standard InChI is InChI=1S/C13H25NO2S/c1-3-5-13(12(15)16)6-9-14(10-7-13)8-4-11-17-2/h3-11H2,1-2H3,(H,15,16). The van der Waals surface area contributed by atoms with E-state index in [2.05, 4.69) is 18.1 Å². The quantitative estimate of drug-likeness (QED) is 0.714. The van der Waals surface area contributed by atoms with E-state index in [4.69, 9.17) is 0 Å². The number of carboxylic acids is 1. The minimum absolute atomic E-state index is 0.426. The molecule has 1 heterocycles. The van der Waals surface area contributed by atoms with Crippen LogP contribution in [0, 0.1) is 5.41 Å². The van der Waals surface area contributed by atoms with Crippen molar-refractivity contribution in [3.8, 4) is 0 Å². The van der Waals surface area contributed by atoms with E-state index in [0.717, 1.165) is 45.3 Å². The highest BCUT2D eigenvalue weighted by atomic mass is 32.2. The Morgan fingerprint density at radius 1 is 1.41 bits per heavy atom. The van der Waals surface area contributed by atoms with E-state index in [-0.39, 0.29) is 0 Å². The van der Waals surface area contributed by atoms with Gasteiger partial charge in [-0.05, 0) is 57.3 Å². The van der Waals surface area contributed by atoms with Crippen LogP contribution in [0.1, 0.15) is 39.0 Å². The Hall–Kier alpha value is -0.220. The number of carboxylic acid groups (broad SMARTS) is 1. The van der Waals surface area contributed by atoms with Crippen molar-refractivity contribution in [2.45, 2.75) is 39.0 Å². The molecule has 3 nitrogen and oxygen atoms in total. The number of likely N-dealkylation sites (tertiary alicyclic amines) is 1. The van der Waals surface area contributed by atoms with Crippen molar-refractivity contribution in [3.63, 3.8) is 0 Å². The first-order valence-corrected chi connectivity index (χ1v) is 7.98. The first-order valence-electron chi connectivity index (χ1n) is 6.59. The van der Waals surface area contributed by atoms with Crippen molar-refractivity contribution in [2.75, 3.05) is 31.6 Å². The van der Waals surface area contributed by atoms with E-state index < -0.39 is 11.4 Å². The van der Waals surface area contributed by atoms with Gasteiger partial charge >= 0.3 is 5.97 Å². The first-order chi connectivity index (χ1) is 8.14. The third kappa shape index (κ3) is 4.18. The summed E-state index contributed by atoms with van der Waals surface area (Å²) in [6.07, 6.45) is 6.81. The van der Waals surface area contributed by atoms with Crippen molar-refractivity contribution >= 4 is 17.7 Å². The van der Waals surface area contributed by atoms with Crippen LogP contribution in [0.2, 0.25) is 0 Å². The molecule has 0 aromatic rings. The van der Waals surface area contributed by atoms with Gasteiger partial charge in [0.1, 0.15) is 0 Å². The minimum Gasteiger partial charge on any atom is -0.481 e. The SMILES string of the molecule is CCCC1(C(=O)O)CCN(CCCSC)CC1. The average Bonchev–Trinajstić information content (AvgIpc) is 2.32. The Labute approximate surface area is 109 Å². The van der Waals surface area contributed by atoms with Crippen LogP contribution in [0.4, 0.5) is 0 Å². The van der Waals surface area contributed by atoms with E-state index in [0.29, 0.717) is 0 Å². The monoisotopic (exact) mass is 259 g/mol. The van der Waals surface area contributed by atoms with Gasteiger partial charge in [-0.1, -0.05) is 13.3 Å². The third-order valence-corrected chi connectivity index (χ3v) is 4.52. The van der Waals surface area contributed by atoms with Crippen LogP contribution >= 0.6 is 11.8 Å². The highest BCUT2D eigenvalue weighted by molar-refractivity contribution is 7.98. The second kappa shape index (κ2) is 7.27. The van der Waals surface area contributed by atoms with Gasteiger partial charge < -0.3 is 10.0 Å². The average molecular weight is 259 g/mol. The molecule has 1 rings (SSSR count). The van der Waals surface area contributed by atoms with Crippen LogP contribution in [-0.2, 0) is 4.79 Å². The number of aliphatic carboxylic acids is 1. The van der Waals surface area contributed by atoms with Gasteiger partial charge in [-0.15, -0.1) is 0 Å². The molecule has 0 aromatic carbocycles. The Kier molecular flexibility index (Phi) is 6.34. The summed E-state index contributed by atoms with van der Waals surface area (Å²) in [6.45, 7) is 5.12. The van der Waals surface area contributed by atoms with Crippen molar-refractivity contribution in [2.24, 2.45) is 5.41 Å². The lowest BCUT2D eigenvalue weighted by Gasteiger charge is -2.38. The summed E-state index contributed by atoms with van der Waals surface area (Å²) in [5, 5.41) is 9.40. The molecule has 1 aliphatic rings. The minimum atomic E-state index is -0.580. The molecule has 100 valence electrons. The maximum absolute atomic E-state index is 11.4. The summed E-state index contributed by atoms with van der Waals surface area (Å²) in [6, 6.07) is 0. The fourth-order valence-electron chi connectivity index (χ4n) is 2.69. The molecule has 4 heteroatoms. The van der Waals surface area contributed by atoms with E-state index in [1.54, 1.807) is 0 Å². The summed E-state index contributed by atoms with van der Waals surface area (Å²) in [7, 11) is 0. The van der Waals surface area contributed by atoms with Crippen LogP contribution in [-0.4, -0.2) is 47.6 Å². The molecule has 0 atom stereocenters. The van der Waals surface area contributed by atoms with Gasteiger partial charge in [0, 0.05) is 0 Å². The maximum Gasteiger partial charge on any atom is 0.309 e. The molecular formula is C13H25NO2S. The molecule has 0 saturated carbocycles. The lowest BCUT2D eigenvalue weighted by atomic mass is 9.75. The molecule has 1 saturated heterocycles. The fourth-order valence-corrected chi connectivity index (χ4v) is 3.10. The number of thioether (sulfide) groups is 1. The molecule has 0 aromatic heterocycles. The molecule has 0 spiro atoms. The highest BCUT2D eigenvalue weighted by Gasteiger charge is 2.40. The van der Waals surface area contributed by atoms with Gasteiger partial charge in [0.15, 0.2) is 0 Å². The Bertz CT molecular complexity index is 238. The van der Waals surface area contributed by atoms with Gasteiger partial charge in [0.25, 0.3) is 0 Å². The first kappa shape index (κ1) is 14.8. The molecular weight excluding hydrogens is 234 g/mol. The van der Waals surface area contributed by atoms with Crippen LogP contribution < -0.4 is 0 Å². The second-order valence-electron chi connectivity index (χ2n) is 5.02. The number of piperidine rings is 1. The van der Waals surface area contributed by atoms with Gasteiger partial charge in [0.2, 0.25) is 0 Å². The lowest BCUT2D eigenvalue weighted by Crippen LogP contribution is -2.44. The Morgan fingerprint density at radius 3 is 2.53 bits per heavy atom. The van der Waals surface area contributed by atoms with Crippen LogP contribution in [0.5, 0.6) is 0 Å². The Balaban J connectivity index is 2.39. The van der Waals surface area contributed by atoms with Gasteiger partial charge in [0.05, 0.1) is 5.41 Å². The molecule has 0 bridgehead atoms. The van der Waals surface area contributed by atoms with Crippen molar-refractivity contribution in [1.82, 2.24) is 4.90 Å². The molecule has 1 fully saturated rings. The number of carbonyl (C=O) groups is 1.